The molecule has 2 aromatic rings. The van der Waals surface area contributed by atoms with Gasteiger partial charge in [0.1, 0.15) is 12.4 Å². The fraction of sp³-hybridized carbons (Fsp3) is 0.429. The topological polar surface area (TPSA) is 21.7 Å². The van der Waals surface area contributed by atoms with E-state index in [0.717, 1.165) is 18.8 Å². The van der Waals surface area contributed by atoms with Crippen LogP contribution in [0, 0.1) is 0 Å². The fourth-order valence-corrected chi connectivity index (χ4v) is 3.14. The Balaban J connectivity index is 1.52. The maximum Gasteiger partial charge on any atom is 0.119 e. The van der Waals surface area contributed by atoms with Crippen LogP contribution in [-0.2, 0) is 11.3 Å². The Morgan fingerprint density at radius 2 is 1.46 bits per heavy atom. The van der Waals surface area contributed by atoms with E-state index >= 15 is 0 Å². The van der Waals surface area contributed by atoms with Crippen LogP contribution in [0.4, 0.5) is 0 Å². The fourth-order valence-electron chi connectivity index (χ4n) is 3.14. The lowest BCUT2D eigenvalue weighted by molar-refractivity contribution is 0.0214. The summed E-state index contributed by atoms with van der Waals surface area (Å²) in [5.74, 6) is 0.933. The summed E-state index contributed by atoms with van der Waals surface area (Å²) in [5.41, 5.74) is 1.22. The SMILES string of the molecule is c1ccc(COCC(COc2ccccc2)N2CCCCC2)cc1. The number of ether oxygens (including phenoxy) is 2. The van der Waals surface area contributed by atoms with Crippen molar-refractivity contribution in [1.82, 2.24) is 4.90 Å². The van der Waals surface area contributed by atoms with Gasteiger partial charge in [-0.05, 0) is 43.6 Å². The van der Waals surface area contributed by atoms with Gasteiger partial charge in [-0.1, -0.05) is 55.0 Å². The van der Waals surface area contributed by atoms with Crippen LogP contribution in [0.3, 0.4) is 0 Å². The van der Waals surface area contributed by atoms with Crippen LogP contribution in [-0.4, -0.2) is 37.2 Å². The molecule has 3 nitrogen and oxygen atoms in total. The number of para-hydroxylation sites is 1. The summed E-state index contributed by atoms with van der Waals surface area (Å²) in [7, 11) is 0. The van der Waals surface area contributed by atoms with Gasteiger partial charge >= 0.3 is 0 Å². The van der Waals surface area contributed by atoms with Gasteiger partial charge in [-0.3, -0.25) is 4.90 Å². The molecule has 1 aliphatic heterocycles. The Hall–Kier alpha value is -1.84. The van der Waals surface area contributed by atoms with Gasteiger partial charge in [-0.2, -0.15) is 0 Å². The van der Waals surface area contributed by atoms with E-state index in [4.69, 9.17) is 9.47 Å². The average molecular weight is 325 g/mol. The van der Waals surface area contributed by atoms with Gasteiger partial charge in [-0.25, -0.2) is 0 Å². The normalized spacial score (nSPS) is 16.7. The molecule has 3 heteroatoms. The van der Waals surface area contributed by atoms with Crippen LogP contribution >= 0.6 is 0 Å². The van der Waals surface area contributed by atoms with Crippen molar-refractivity contribution in [3.8, 4) is 5.75 Å². The third-order valence-electron chi connectivity index (χ3n) is 4.51. The first kappa shape index (κ1) is 17.0. The molecule has 1 aliphatic rings. The predicted molar refractivity (Wildman–Crippen MR) is 97.2 cm³/mol. The largest absolute Gasteiger partial charge is 0.492 e. The molecular weight excluding hydrogens is 298 g/mol. The lowest BCUT2D eigenvalue weighted by atomic mass is 10.1. The Bertz CT molecular complexity index is 567. The summed E-state index contributed by atoms with van der Waals surface area (Å²) in [5, 5.41) is 0. The molecule has 1 atom stereocenters. The van der Waals surface area contributed by atoms with Crippen molar-refractivity contribution in [2.75, 3.05) is 26.3 Å². The standard InChI is InChI=1S/C21H27NO2/c1-4-10-19(11-5-1)16-23-17-20(22-14-8-3-9-15-22)18-24-21-12-6-2-7-13-21/h1-2,4-7,10-13,20H,3,8-9,14-18H2. The average Bonchev–Trinajstić information content (AvgIpc) is 2.67. The van der Waals surface area contributed by atoms with Crippen LogP contribution < -0.4 is 4.74 Å². The van der Waals surface area contributed by atoms with Gasteiger partial charge in [0.05, 0.1) is 19.3 Å². The summed E-state index contributed by atoms with van der Waals surface area (Å²) >= 11 is 0. The zero-order valence-corrected chi connectivity index (χ0v) is 14.3. The summed E-state index contributed by atoms with van der Waals surface area (Å²) in [6.45, 7) is 4.35. The van der Waals surface area contributed by atoms with E-state index in [9.17, 15) is 0 Å². The first-order valence-corrected chi connectivity index (χ1v) is 8.95. The van der Waals surface area contributed by atoms with Gasteiger partial charge in [0.2, 0.25) is 0 Å². The van der Waals surface area contributed by atoms with E-state index in [-0.39, 0.29) is 0 Å². The van der Waals surface area contributed by atoms with Crippen LogP contribution in [0.2, 0.25) is 0 Å². The van der Waals surface area contributed by atoms with Gasteiger partial charge in [-0.15, -0.1) is 0 Å². The molecule has 1 saturated heterocycles. The van der Waals surface area contributed by atoms with E-state index in [1.165, 1.54) is 24.8 Å². The summed E-state index contributed by atoms with van der Waals surface area (Å²) in [6, 6.07) is 20.7. The minimum Gasteiger partial charge on any atom is -0.492 e. The molecule has 0 aliphatic carbocycles. The molecule has 0 radical (unpaired) electrons. The molecule has 1 fully saturated rings. The summed E-state index contributed by atoms with van der Waals surface area (Å²) < 4.78 is 12.0. The number of rotatable bonds is 8. The molecule has 2 aromatic carbocycles. The molecule has 0 saturated carbocycles. The lowest BCUT2D eigenvalue weighted by Gasteiger charge is -2.34. The van der Waals surface area contributed by atoms with E-state index in [2.05, 4.69) is 29.2 Å². The number of nitrogens with zero attached hydrogens (tertiary/aromatic N) is 1. The minimum absolute atomic E-state index is 0.314. The number of likely N-dealkylation sites (tertiary alicyclic amines) is 1. The summed E-state index contributed by atoms with van der Waals surface area (Å²) in [4.78, 5) is 2.53. The van der Waals surface area contributed by atoms with Crippen molar-refractivity contribution >= 4 is 0 Å². The van der Waals surface area contributed by atoms with Gasteiger partial charge in [0.25, 0.3) is 0 Å². The van der Waals surface area contributed by atoms with Crippen LogP contribution in [0.15, 0.2) is 60.7 Å². The van der Waals surface area contributed by atoms with E-state index in [1.807, 2.05) is 36.4 Å². The van der Waals surface area contributed by atoms with Crippen molar-refractivity contribution < 1.29 is 9.47 Å². The first-order chi connectivity index (χ1) is 11.9. The Labute approximate surface area is 145 Å². The van der Waals surface area contributed by atoms with Crippen molar-refractivity contribution in [1.29, 1.82) is 0 Å². The van der Waals surface area contributed by atoms with Crippen LogP contribution in [0.1, 0.15) is 24.8 Å². The maximum absolute atomic E-state index is 6.00. The van der Waals surface area contributed by atoms with Crippen molar-refractivity contribution in [2.24, 2.45) is 0 Å². The van der Waals surface area contributed by atoms with Gasteiger partial charge in [0.15, 0.2) is 0 Å². The zero-order valence-electron chi connectivity index (χ0n) is 14.3. The Morgan fingerprint density at radius 3 is 2.17 bits per heavy atom. The molecule has 3 rings (SSSR count). The Morgan fingerprint density at radius 1 is 0.792 bits per heavy atom. The van der Waals surface area contributed by atoms with Crippen LogP contribution in [0.25, 0.3) is 0 Å². The summed E-state index contributed by atoms with van der Waals surface area (Å²) in [6.07, 6.45) is 3.90. The van der Waals surface area contributed by atoms with Gasteiger partial charge in [0, 0.05) is 0 Å². The monoisotopic (exact) mass is 325 g/mol. The molecule has 128 valence electrons. The van der Waals surface area contributed by atoms with E-state index < -0.39 is 0 Å². The smallest absolute Gasteiger partial charge is 0.119 e. The predicted octanol–water partition coefficient (Wildman–Crippen LogP) is 4.14. The van der Waals surface area contributed by atoms with Crippen LogP contribution in [0.5, 0.6) is 5.75 Å². The van der Waals surface area contributed by atoms with Crippen molar-refractivity contribution in [3.05, 3.63) is 66.2 Å². The highest BCUT2D eigenvalue weighted by Crippen LogP contribution is 2.15. The van der Waals surface area contributed by atoms with Gasteiger partial charge < -0.3 is 9.47 Å². The third-order valence-corrected chi connectivity index (χ3v) is 4.51. The second-order valence-electron chi connectivity index (χ2n) is 6.38. The quantitative estimate of drug-likeness (QED) is 0.728. The lowest BCUT2D eigenvalue weighted by Crippen LogP contribution is -2.45. The number of hydrogen-bond acceptors (Lipinski definition) is 3. The maximum atomic E-state index is 6.00. The molecule has 1 unspecified atom stereocenters. The second kappa shape index (κ2) is 9.45. The first-order valence-electron chi connectivity index (χ1n) is 8.95. The molecule has 0 spiro atoms. The second-order valence-corrected chi connectivity index (χ2v) is 6.38. The molecule has 0 N–H and O–H groups in total. The van der Waals surface area contributed by atoms with Crippen molar-refractivity contribution in [3.63, 3.8) is 0 Å². The highest BCUT2D eigenvalue weighted by atomic mass is 16.5. The Kier molecular flexibility index (Phi) is 6.70. The number of benzene rings is 2. The molecule has 0 amide bonds. The van der Waals surface area contributed by atoms with E-state index in [1.54, 1.807) is 0 Å². The minimum atomic E-state index is 0.314. The zero-order chi connectivity index (χ0) is 16.5. The molecule has 0 bridgehead atoms. The molecule has 24 heavy (non-hydrogen) atoms. The van der Waals surface area contributed by atoms with Crippen molar-refractivity contribution in [2.45, 2.75) is 31.9 Å². The highest BCUT2D eigenvalue weighted by Gasteiger charge is 2.21. The molecule has 1 heterocycles. The molecule has 0 aromatic heterocycles. The molecular formula is C21H27NO2. The number of piperidine rings is 1. The third kappa shape index (κ3) is 5.36. The van der Waals surface area contributed by atoms with E-state index in [0.29, 0.717) is 25.9 Å². The highest BCUT2D eigenvalue weighted by molar-refractivity contribution is 5.21. The number of hydrogen-bond donors (Lipinski definition) is 0.